The number of rotatable bonds is 5. The first kappa shape index (κ1) is 13.0. The summed E-state index contributed by atoms with van der Waals surface area (Å²) in [6.45, 7) is 7.49. The topological polar surface area (TPSA) is 33.1 Å². The van der Waals surface area contributed by atoms with E-state index in [4.69, 9.17) is 0 Å². The van der Waals surface area contributed by atoms with Gasteiger partial charge in [0.2, 0.25) is 5.95 Å². The van der Waals surface area contributed by atoms with Gasteiger partial charge in [-0.15, -0.1) is 0 Å². The average Bonchev–Trinajstić information content (AvgIpc) is 2.57. The molecule has 0 radical (unpaired) electrons. The van der Waals surface area contributed by atoms with Gasteiger partial charge in [-0.2, -0.15) is 0 Å². The highest BCUT2D eigenvalue weighted by Gasteiger charge is 2.15. The maximum Gasteiger partial charge on any atom is 0.204 e. The van der Waals surface area contributed by atoms with E-state index in [1.807, 2.05) is 25.2 Å². The van der Waals surface area contributed by atoms with E-state index in [0.717, 1.165) is 18.9 Å². The first-order chi connectivity index (χ1) is 7.37. The molecule has 0 atom stereocenters. The van der Waals surface area contributed by atoms with Crippen molar-refractivity contribution in [1.82, 2.24) is 14.9 Å². The second-order valence-corrected chi connectivity index (χ2v) is 5.09. The molecule has 4 nitrogen and oxygen atoms in total. The minimum atomic E-state index is 0.183. The van der Waals surface area contributed by atoms with E-state index >= 15 is 0 Å². The molecule has 1 aromatic rings. The second kappa shape index (κ2) is 4.87. The summed E-state index contributed by atoms with van der Waals surface area (Å²) in [5, 5.41) is 3.54. The zero-order chi connectivity index (χ0) is 12.3. The molecule has 4 heteroatoms. The second-order valence-electron chi connectivity index (χ2n) is 5.09. The Morgan fingerprint density at radius 1 is 1.44 bits per heavy atom. The molecule has 0 aliphatic carbocycles. The van der Waals surface area contributed by atoms with E-state index < -0.39 is 0 Å². The van der Waals surface area contributed by atoms with Gasteiger partial charge in [0.05, 0.1) is 11.9 Å². The number of nitrogens with zero attached hydrogens (tertiary/aromatic N) is 3. The van der Waals surface area contributed by atoms with Gasteiger partial charge in [-0.1, -0.05) is 6.92 Å². The third-order valence-corrected chi connectivity index (χ3v) is 3.09. The van der Waals surface area contributed by atoms with Gasteiger partial charge >= 0.3 is 0 Å². The van der Waals surface area contributed by atoms with Gasteiger partial charge in [-0.25, -0.2) is 4.98 Å². The lowest BCUT2D eigenvalue weighted by molar-refractivity contribution is 0.370. The fourth-order valence-electron chi connectivity index (χ4n) is 1.47. The molecule has 1 rings (SSSR count). The highest BCUT2D eigenvalue weighted by molar-refractivity contribution is 5.30. The molecule has 16 heavy (non-hydrogen) atoms. The van der Waals surface area contributed by atoms with E-state index in [1.54, 1.807) is 0 Å². The highest BCUT2D eigenvalue weighted by atomic mass is 15.3. The number of anilines is 1. The minimum Gasteiger partial charge on any atom is -0.348 e. The van der Waals surface area contributed by atoms with Crippen LogP contribution < -0.4 is 10.2 Å². The Labute approximate surface area is 98.7 Å². The van der Waals surface area contributed by atoms with Crippen LogP contribution in [0.1, 0.15) is 32.9 Å². The van der Waals surface area contributed by atoms with Crippen molar-refractivity contribution in [2.75, 3.05) is 19.0 Å². The van der Waals surface area contributed by atoms with Crippen LogP contribution in [0.5, 0.6) is 0 Å². The van der Waals surface area contributed by atoms with Crippen molar-refractivity contribution in [2.45, 2.75) is 39.3 Å². The Kier molecular flexibility index (Phi) is 3.97. The summed E-state index contributed by atoms with van der Waals surface area (Å²) in [4.78, 5) is 6.41. The predicted molar refractivity (Wildman–Crippen MR) is 68.7 cm³/mol. The minimum absolute atomic E-state index is 0.183. The maximum absolute atomic E-state index is 4.39. The fraction of sp³-hybridized carbons (Fsp3) is 0.750. The molecule has 1 aromatic heterocycles. The van der Waals surface area contributed by atoms with Crippen LogP contribution in [0.25, 0.3) is 0 Å². The molecule has 0 aliphatic heterocycles. The molecule has 0 unspecified atom stereocenters. The van der Waals surface area contributed by atoms with Crippen molar-refractivity contribution in [1.29, 1.82) is 0 Å². The van der Waals surface area contributed by atoms with Gasteiger partial charge in [0.25, 0.3) is 0 Å². The quantitative estimate of drug-likeness (QED) is 0.827. The van der Waals surface area contributed by atoms with E-state index in [9.17, 15) is 0 Å². The zero-order valence-corrected chi connectivity index (χ0v) is 11.3. The molecular weight excluding hydrogens is 200 g/mol. The lowest BCUT2D eigenvalue weighted by Gasteiger charge is -2.24. The van der Waals surface area contributed by atoms with Crippen LogP contribution in [0.15, 0.2) is 6.20 Å². The van der Waals surface area contributed by atoms with Crippen LogP contribution in [-0.4, -0.2) is 29.2 Å². The Morgan fingerprint density at radius 3 is 2.50 bits per heavy atom. The maximum atomic E-state index is 4.39. The van der Waals surface area contributed by atoms with Crippen LogP contribution in [0.4, 0.5) is 5.95 Å². The van der Waals surface area contributed by atoms with Gasteiger partial charge in [-0.05, 0) is 20.3 Å². The molecule has 0 fully saturated rings. The van der Waals surface area contributed by atoms with Crippen molar-refractivity contribution >= 4 is 5.95 Å². The number of hydrogen-bond donors (Lipinski definition) is 1. The molecule has 0 saturated heterocycles. The van der Waals surface area contributed by atoms with Crippen molar-refractivity contribution in [2.24, 2.45) is 7.05 Å². The largest absolute Gasteiger partial charge is 0.348 e. The van der Waals surface area contributed by atoms with Crippen molar-refractivity contribution in [3.8, 4) is 0 Å². The van der Waals surface area contributed by atoms with Crippen molar-refractivity contribution < 1.29 is 0 Å². The van der Waals surface area contributed by atoms with Gasteiger partial charge in [0.15, 0.2) is 0 Å². The molecule has 0 spiro atoms. The number of nitrogens with one attached hydrogen (secondary N) is 1. The smallest absolute Gasteiger partial charge is 0.204 e. The number of hydrogen-bond acceptors (Lipinski definition) is 3. The van der Waals surface area contributed by atoms with E-state index in [0.29, 0.717) is 0 Å². The third kappa shape index (κ3) is 2.98. The van der Waals surface area contributed by atoms with Gasteiger partial charge in [0, 0.05) is 33.2 Å². The van der Waals surface area contributed by atoms with E-state index in [-0.39, 0.29) is 5.54 Å². The SMILES string of the molecule is CCC(C)(C)NCc1cnc(N(C)C)n1C. The lowest BCUT2D eigenvalue weighted by atomic mass is 10.0. The summed E-state index contributed by atoms with van der Waals surface area (Å²) in [7, 11) is 6.07. The standard InChI is InChI=1S/C12H24N4/c1-7-12(2,3)14-9-10-8-13-11(15(4)5)16(10)6/h8,14H,7,9H2,1-6H3. The third-order valence-electron chi connectivity index (χ3n) is 3.09. The van der Waals surface area contributed by atoms with E-state index in [2.05, 4.69) is 42.7 Å². The van der Waals surface area contributed by atoms with Gasteiger partial charge in [0.1, 0.15) is 0 Å². The van der Waals surface area contributed by atoms with Crippen molar-refractivity contribution in [3.63, 3.8) is 0 Å². The monoisotopic (exact) mass is 224 g/mol. The first-order valence-corrected chi connectivity index (χ1v) is 5.80. The molecule has 1 heterocycles. The highest BCUT2D eigenvalue weighted by Crippen LogP contribution is 2.13. The van der Waals surface area contributed by atoms with Gasteiger partial charge < -0.3 is 14.8 Å². The Bertz CT molecular complexity index is 339. The van der Waals surface area contributed by atoms with Crippen LogP contribution in [0, 0.1) is 0 Å². The summed E-state index contributed by atoms with van der Waals surface area (Å²) in [5.74, 6) is 0.992. The fourth-order valence-corrected chi connectivity index (χ4v) is 1.47. The summed E-state index contributed by atoms with van der Waals surface area (Å²) >= 11 is 0. The molecule has 0 aliphatic rings. The molecular formula is C12H24N4. The summed E-state index contributed by atoms with van der Waals surface area (Å²) < 4.78 is 2.12. The van der Waals surface area contributed by atoms with Crippen LogP contribution in [-0.2, 0) is 13.6 Å². The summed E-state index contributed by atoms with van der Waals surface area (Å²) in [6, 6.07) is 0. The Hall–Kier alpha value is -1.03. The van der Waals surface area contributed by atoms with Crippen LogP contribution in [0.3, 0.4) is 0 Å². The molecule has 0 amide bonds. The molecule has 1 N–H and O–H groups in total. The molecule has 0 saturated carbocycles. The molecule has 0 bridgehead atoms. The van der Waals surface area contributed by atoms with Crippen molar-refractivity contribution in [3.05, 3.63) is 11.9 Å². The number of aromatic nitrogens is 2. The average molecular weight is 224 g/mol. The van der Waals surface area contributed by atoms with Crippen LogP contribution >= 0.6 is 0 Å². The number of imidazole rings is 1. The van der Waals surface area contributed by atoms with Gasteiger partial charge in [-0.3, -0.25) is 0 Å². The Morgan fingerprint density at radius 2 is 2.06 bits per heavy atom. The predicted octanol–water partition coefficient (Wildman–Crippen LogP) is 1.76. The summed E-state index contributed by atoms with van der Waals surface area (Å²) in [5.41, 5.74) is 1.40. The molecule has 92 valence electrons. The van der Waals surface area contributed by atoms with E-state index in [1.165, 1.54) is 5.69 Å². The molecule has 0 aromatic carbocycles. The Balaban J connectivity index is 2.69. The first-order valence-electron chi connectivity index (χ1n) is 5.80. The lowest BCUT2D eigenvalue weighted by Crippen LogP contribution is -2.38. The van der Waals surface area contributed by atoms with Crippen LogP contribution in [0.2, 0.25) is 0 Å². The normalized spacial score (nSPS) is 11.9. The summed E-state index contributed by atoms with van der Waals surface area (Å²) in [6.07, 6.45) is 3.06. The zero-order valence-electron chi connectivity index (χ0n) is 11.3.